The van der Waals surface area contributed by atoms with Crippen LogP contribution < -0.4 is 9.64 Å². The summed E-state index contributed by atoms with van der Waals surface area (Å²) in [6.07, 6.45) is 2.18. The minimum Gasteiger partial charge on any atom is -0.494 e. The first-order valence-electron chi connectivity index (χ1n) is 10.6. The molecule has 1 saturated heterocycles. The van der Waals surface area contributed by atoms with Crippen molar-refractivity contribution in [1.82, 2.24) is 4.98 Å². The molecule has 2 heterocycles. The number of thiazole rings is 1. The summed E-state index contributed by atoms with van der Waals surface area (Å²) in [7, 11) is -1.83. The van der Waals surface area contributed by atoms with E-state index in [2.05, 4.69) is 4.98 Å². The maximum Gasteiger partial charge on any atom is 0.228 e. The van der Waals surface area contributed by atoms with Crippen LogP contribution in [0.3, 0.4) is 0 Å². The Labute approximate surface area is 191 Å². The lowest BCUT2D eigenvalue weighted by atomic mass is 10.2. The molecule has 0 aliphatic carbocycles. The van der Waals surface area contributed by atoms with E-state index in [1.807, 2.05) is 18.2 Å². The van der Waals surface area contributed by atoms with Gasteiger partial charge in [0.1, 0.15) is 11.3 Å². The van der Waals surface area contributed by atoms with Gasteiger partial charge in [0.05, 0.1) is 35.1 Å². The summed E-state index contributed by atoms with van der Waals surface area (Å²) in [5.41, 5.74) is 0.715. The highest BCUT2D eigenvalue weighted by Gasteiger charge is 2.27. The van der Waals surface area contributed by atoms with Crippen molar-refractivity contribution in [1.29, 1.82) is 0 Å². The average molecular weight is 475 g/mol. The molecule has 0 radical (unpaired) electrons. The minimum atomic E-state index is -3.42. The van der Waals surface area contributed by atoms with Crippen LogP contribution in [-0.4, -0.2) is 51.4 Å². The lowest BCUT2D eigenvalue weighted by Gasteiger charge is -2.23. The van der Waals surface area contributed by atoms with E-state index < -0.39 is 9.84 Å². The molecule has 1 aliphatic heterocycles. The lowest BCUT2D eigenvalue weighted by Crippen LogP contribution is -2.37. The van der Waals surface area contributed by atoms with Gasteiger partial charge in [-0.05, 0) is 43.5 Å². The van der Waals surface area contributed by atoms with Crippen molar-refractivity contribution >= 4 is 42.4 Å². The fourth-order valence-corrected chi connectivity index (χ4v) is 6.11. The third kappa shape index (κ3) is 5.11. The van der Waals surface area contributed by atoms with Gasteiger partial charge in [0.25, 0.3) is 0 Å². The molecule has 7 nitrogen and oxygen atoms in total. The second kappa shape index (κ2) is 9.97. The SMILES string of the molecule is COc1cccc2sc(N(CC3CCCO3)C(=O)CCCS(=O)(=O)c3ccccc3)nc12. The fourth-order valence-electron chi connectivity index (χ4n) is 3.76. The van der Waals surface area contributed by atoms with Crippen LogP contribution in [0, 0.1) is 0 Å². The normalized spacial score (nSPS) is 16.3. The third-order valence-corrected chi connectivity index (χ3v) is 8.30. The third-order valence-electron chi connectivity index (χ3n) is 5.44. The monoisotopic (exact) mass is 474 g/mol. The second-order valence-electron chi connectivity index (χ2n) is 7.68. The first kappa shape index (κ1) is 22.7. The molecule has 170 valence electrons. The van der Waals surface area contributed by atoms with Crippen LogP contribution in [0.4, 0.5) is 5.13 Å². The number of benzene rings is 2. The maximum atomic E-state index is 13.2. The number of nitrogens with zero attached hydrogens (tertiary/aromatic N) is 2. The number of amides is 1. The van der Waals surface area contributed by atoms with Crippen LogP contribution >= 0.6 is 11.3 Å². The van der Waals surface area contributed by atoms with Crippen LogP contribution in [0.25, 0.3) is 10.2 Å². The number of anilines is 1. The number of methoxy groups -OCH3 is 1. The molecule has 32 heavy (non-hydrogen) atoms. The molecule has 1 amide bonds. The standard InChI is InChI=1S/C23H26N2O5S2/c1-29-19-11-5-12-20-22(19)24-23(31-20)25(16-17-8-6-14-30-17)21(26)13-7-15-32(27,28)18-9-3-2-4-10-18/h2-5,9-12,17H,6-8,13-16H2,1H3. The Morgan fingerprint density at radius 2 is 2.03 bits per heavy atom. The van der Waals surface area contributed by atoms with Gasteiger partial charge in [0, 0.05) is 13.0 Å². The highest BCUT2D eigenvalue weighted by Crippen LogP contribution is 2.35. The summed E-state index contributed by atoms with van der Waals surface area (Å²) >= 11 is 1.42. The Hall–Kier alpha value is -2.49. The topological polar surface area (TPSA) is 85.8 Å². The maximum absolute atomic E-state index is 13.2. The molecule has 3 aromatic rings. The van der Waals surface area contributed by atoms with E-state index in [-0.39, 0.29) is 35.5 Å². The molecule has 0 spiro atoms. The Balaban J connectivity index is 1.50. The highest BCUT2D eigenvalue weighted by molar-refractivity contribution is 7.91. The molecule has 1 aromatic heterocycles. The van der Waals surface area contributed by atoms with Crippen molar-refractivity contribution in [3.8, 4) is 5.75 Å². The van der Waals surface area contributed by atoms with E-state index in [4.69, 9.17) is 9.47 Å². The van der Waals surface area contributed by atoms with Crippen LogP contribution in [0.15, 0.2) is 53.4 Å². The van der Waals surface area contributed by atoms with Crippen molar-refractivity contribution in [3.63, 3.8) is 0 Å². The number of fused-ring (bicyclic) bond motifs is 1. The zero-order chi connectivity index (χ0) is 22.6. The molecule has 2 aromatic carbocycles. The average Bonchev–Trinajstić information content (AvgIpc) is 3.47. The zero-order valence-electron chi connectivity index (χ0n) is 17.9. The molecule has 0 N–H and O–H groups in total. The number of aromatic nitrogens is 1. The molecular weight excluding hydrogens is 448 g/mol. The van der Waals surface area contributed by atoms with Gasteiger partial charge < -0.3 is 9.47 Å². The summed E-state index contributed by atoms with van der Waals surface area (Å²) in [6.45, 7) is 1.10. The first-order valence-corrected chi connectivity index (χ1v) is 13.1. The van der Waals surface area contributed by atoms with Gasteiger partial charge in [-0.25, -0.2) is 13.4 Å². The number of sulfone groups is 1. The Kier molecular flexibility index (Phi) is 7.07. The molecular formula is C23H26N2O5S2. The van der Waals surface area contributed by atoms with Gasteiger partial charge in [-0.3, -0.25) is 9.69 Å². The molecule has 1 fully saturated rings. The van der Waals surface area contributed by atoms with Gasteiger partial charge in [-0.2, -0.15) is 0 Å². The van der Waals surface area contributed by atoms with Gasteiger partial charge in [-0.15, -0.1) is 0 Å². The number of hydrogen-bond donors (Lipinski definition) is 0. The number of hydrogen-bond acceptors (Lipinski definition) is 7. The summed E-state index contributed by atoms with van der Waals surface area (Å²) in [5, 5.41) is 0.580. The van der Waals surface area contributed by atoms with E-state index in [0.29, 0.717) is 29.5 Å². The molecule has 1 atom stereocenters. The second-order valence-corrected chi connectivity index (χ2v) is 10.8. The van der Waals surface area contributed by atoms with Gasteiger partial charge in [-0.1, -0.05) is 35.6 Å². The number of carbonyl (C=O) groups is 1. The van der Waals surface area contributed by atoms with Gasteiger partial charge >= 0.3 is 0 Å². The first-order chi connectivity index (χ1) is 15.5. The van der Waals surface area contributed by atoms with Crippen molar-refractivity contribution < 1.29 is 22.7 Å². The van der Waals surface area contributed by atoms with E-state index in [1.165, 1.54) is 11.3 Å². The number of para-hydroxylation sites is 1. The molecule has 0 saturated carbocycles. The minimum absolute atomic E-state index is 0.0408. The van der Waals surface area contributed by atoms with E-state index in [1.54, 1.807) is 42.3 Å². The Morgan fingerprint density at radius 1 is 1.22 bits per heavy atom. The summed E-state index contributed by atoms with van der Waals surface area (Å²) in [4.78, 5) is 19.8. The molecule has 1 aliphatic rings. The molecule has 1 unspecified atom stereocenters. The van der Waals surface area contributed by atoms with Gasteiger partial charge in [0.15, 0.2) is 15.0 Å². The summed E-state index contributed by atoms with van der Waals surface area (Å²) < 4.78 is 37.2. The number of rotatable bonds is 9. The van der Waals surface area contributed by atoms with Crippen LogP contribution in [0.2, 0.25) is 0 Å². The predicted octanol–water partition coefficient (Wildman–Crippen LogP) is 4.07. The van der Waals surface area contributed by atoms with Crippen molar-refractivity contribution in [2.75, 3.05) is 30.9 Å². The fraction of sp³-hybridized carbons (Fsp3) is 0.391. The van der Waals surface area contributed by atoms with Crippen molar-refractivity contribution in [2.24, 2.45) is 0 Å². The van der Waals surface area contributed by atoms with Crippen LogP contribution in [0.5, 0.6) is 5.75 Å². The largest absolute Gasteiger partial charge is 0.494 e. The van der Waals surface area contributed by atoms with E-state index in [0.717, 1.165) is 17.5 Å². The number of ether oxygens (including phenoxy) is 2. The quantitative estimate of drug-likeness (QED) is 0.465. The Morgan fingerprint density at radius 3 is 2.75 bits per heavy atom. The molecule has 9 heteroatoms. The van der Waals surface area contributed by atoms with Crippen molar-refractivity contribution in [3.05, 3.63) is 48.5 Å². The highest BCUT2D eigenvalue weighted by atomic mass is 32.2. The van der Waals surface area contributed by atoms with E-state index >= 15 is 0 Å². The van der Waals surface area contributed by atoms with Crippen LogP contribution in [-0.2, 0) is 19.4 Å². The smallest absolute Gasteiger partial charge is 0.228 e. The Bertz CT molecular complexity index is 1170. The molecule has 4 rings (SSSR count). The summed E-state index contributed by atoms with van der Waals surface area (Å²) in [6, 6.07) is 14.0. The number of carbonyl (C=O) groups excluding carboxylic acids is 1. The zero-order valence-corrected chi connectivity index (χ0v) is 19.5. The molecule has 0 bridgehead atoms. The van der Waals surface area contributed by atoms with Crippen molar-refractivity contribution in [2.45, 2.75) is 36.7 Å². The predicted molar refractivity (Wildman–Crippen MR) is 125 cm³/mol. The van der Waals surface area contributed by atoms with E-state index in [9.17, 15) is 13.2 Å². The van der Waals surface area contributed by atoms with Crippen LogP contribution in [0.1, 0.15) is 25.7 Å². The lowest BCUT2D eigenvalue weighted by molar-refractivity contribution is -0.119. The van der Waals surface area contributed by atoms with Gasteiger partial charge in [0.2, 0.25) is 5.91 Å². The summed E-state index contributed by atoms with van der Waals surface area (Å²) in [5.74, 6) is 0.426.